The molecular formula is C24H23F3N4O4. The predicted octanol–water partition coefficient (Wildman–Crippen LogP) is 2.87. The molecule has 2 fully saturated rings. The average molecular weight is 488 g/mol. The summed E-state index contributed by atoms with van der Waals surface area (Å²) in [5.74, 6) is -0.995. The lowest BCUT2D eigenvalue weighted by Crippen LogP contribution is -2.41. The van der Waals surface area contributed by atoms with E-state index in [1.165, 1.54) is 12.1 Å². The third kappa shape index (κ3) is 4.61. The van der Waals surface area contributed by atoms with Gasteiger partial charge in [0, 0.05) is 29.8 Å². The van der Waals surface area contributed by atoms with Crippen LogP contribution in [0.4, 0.5) is 18.9 Å². The van der Waals surface area contributed by atoms with Crippen LogP contribution in [0.2, 0.25) is 0 Å². The Balaban J connectivity index is 1.58. The number of hydrogen-bond acceptors (Lipinski definition) is 4. The number of amides is 2. The van der Waals surface area contributed by atoms with Crippen LogP contribution in [0.1, 0.15) is 28.8 Å². The molecule has 11 heteroatoms. The molecule has 2 amide bonds. The largest absolute Gasteiger partial charge is 0.416 e. The number of aliphatic hydroxyl groups excluding tert-OH is 1. The molecule has 1 aliphatic heterocycles. The van der Waals surface area contributed by atoms with Crippen LogP contribution in [0.3, 0.4) is 0 Å². The zero-order valence-corrected chi connectivity index (χ0v) is 18.6. The van der Waals surface area contributed by atoms with E-state index < -0.39 is 17.6 Å². The maximum atomic E-state index is 13.1. The van der Waals surface area contributed by atoms with Gasteiger partial charge in [0.1, 0.15) is 6.61 Å². The first-order valence-corrected chi connectivity index (χ1v) is 11.2. The van der Waals surface area contributed by atoms with E-state index in [-0.39, 0.29) is 35.7 Å². The molecule has 2 N–H and O–H groups in total. The molecule has 1 saturated carbocycles. The number of halogens is 3. The normalized spacial score (nSPS) is 18.3. The quantitative estimate of drug-likeness (QED) is 0.577. The van der Waals surface area contributed by atoms with Gasteiger partial charge < -0.3 is 24.3 Å². The van der Waals surface area contributed by atoms with Gasteiger partial charge in [0.25, 0.3) is 11.8 Å². The van der Waals surface area contributed by atoms with Crippen molar-refractivity contribution in [3.05, 3.63) is 59.2 Å². The molecule has 1 saturated heterocycles. The first-order valence-electron chi connectivity index (χ1n) is 11.2. The topological polar surface area (TPSA) is 99.9 Å². The third-order valence-electron chi connectivity index (χ3n) is 6.50. The van der Waals surface area contributed by atoms with E-state index in [9.17, 15) is 27.9 Å². The molecule has 0 atom stereocenters. The van der Waals surface area contributed by atoms with Crippen molar-refractivity contribution in [1.82, 2.24) is 9.55 Å². The van der Waals surface area contributed by atoms with Crippen molar-refractivity contribution in [2.24, 2.45) is 10.4 Å². The number of rotatable bonds is 5. The van der Waals surface area contributed by atoms with Crippen molar-refractivity contribution >= 4 is 28.5 Å². The Labute approximate surface area is 197 Å². The SMILES string of the molecule is O=C(/N=c1\[nH]c2cc(N3CCOCC3=O)ccc2n1CC1(CO)CC1)c1cccc(C(F)(F)F)c1. The Hall–Kier alpha value is -3.44. The van der Waals surface area contributed by atoms with Crippen LogP contribution in [0, 0.1) is 5.41 Å². The van der Waals surface area contributed by atoms with Gasteiger partial charge in [0.15, 0.2) is 0 Å². The van der Waals surface area contributed by atoms with Crippen LogP contribution in [0.15, 0.2) is 47.5 Å². The highest BCUT2D eigenvalue weighted by molar-refractivity contribution is 5.97. The van der Waals surface area contributed by atoms with Crippen molar-refractivity contribution in [2.75, 3.05) is 31.3 Å². The summed E-state index contributed by atoms with van der Waals surface area (Å²) >= 11 is 0. The lowest BCUT2D eigenvalue weighted by molar-refractivity contribution is -0.137. The monoisotopic (exact) mass is 488 g/mol. The van der Waals surface area contributed by atoms with Crippen molar-refractivity contribution < 1.29 is 32.6 Å². The van der Waals surface area contributed by atoms with Gasteiger partial charge in [-0.05, 0) is 49.2 Å². The van der Waals surface area contributed by atoms with Gasteiger partial charge in [-0.25, -0.2) is 0 Å². The number of nitrogens with zero attached hydrogens (tertiary/aromatic N) is 3. The lowest BCUT2D eigenvalue weighted by atomic mass is 10.1. The highest BCUT2D eigenvalue weighted by Crippen LogP contribution is 2.46. The summed E-state index contributed by atoms with van der Waals surface area (Å²) in [6.07, 6.45) is -2.96. The summed E-state index contributed by atoms with van der Waals surface area (Å²) < 4.78 is 46.2. The minimum Gasteiger partial charge on any atom is -0.396 e. The van der Waals surface area contributed by atoms with E-state index in [1.807, 2.05) is 0 Å². The van der Waals surface area contributed by atoms with E-state index in [0.29, 0.717) is 36.4 Å². The summed E-state index contributed by atoms with van der Waals surface area (Å²) in [6.45, 7) is 1.17. The second-order valence-corrected chi connectivity index (χ2v) is 8.99. The number of H-pyrrole nitrogens is 1. The number of aliphatic hydroxyl groups is 1. The highest BCUT2D eigenvalue weighted by Gasteiger charge is 2.43. The predicted molar refractivity (Wildman–Crippen MR) is 120 cm³/mol. The molecule has 3 aromatic rings. The third-order valence-corrected chi connectivity index (χ3v) is 6.50. The minimum atomic E-state index is -4.58. The van der Waals surface area contributed by atoms with Gasteiger partial charge in [0.2, 0.25) is 5.62 Å². The van der Waals surface area contributed by atoms with Crippen molar-refractivity contribution in [2.45, 2.75) is 25.6 Å². The second kappa shape index (κ2) is 8.65. The first-order chi connectivity index (χ1) is 16.7. The molecule has 0 radical (unpaired) electrons. The summed E-state index contributed by atoms with van der Waals surface area (Å²) in [4.78, 5) is 33.9. The van der Waals surface area contributed by atoms with Gasteiger partial charge in [-0.2, -0.15) is 18.2 Å². The Morgan fingerprint density at radius 1 is 1.20 bits per heavy atom. The van der Waals surface area contributed by atoms with E-state index >= 15 is 0 Å². The fraction of sp³-hybridized carbons (Fsp3) is 0.375. The number of anilines is 1. The number of carbonyl (C=O) groups excluding carboxylic acids is 2. The fourth-order valence-electron chi connectivity index (χ4n) is 4.24. The number of morpholine rings is 1. The van der Waals surface area contributed by atoms with Gasteiger partial charge in [-0.1, -0.05) is 6.07 Å². The smallest absolute Gasteiger partial charge is 0.396 e. The molecule has 8 nitrogen and oxygen atoms in total. The van der Waals surface area contributed by atoms with E-state index in [0.717, 1.165) is 25.0 Å². The highest BCUT2D eigenvalue weighted by atomic mass is 19.4. The van der Waals surface area contributed by atoms with Crippen molar-refractivity contribution in [1.29, 1.82) is 0 Å². The second-order valence-electron chi connectivity index (χ2n) is 8.99. The number of aromatic nitrogens is 2. The minimum absolute atomic E-state index is 0.00609. The number of hydrogen-bond donors (Lipinski definition) is 2. The molecule has 0 bridgehead atoms. The summed E-state index contributed by atoms with van der Waals surface area (Å²) in [5, 5.41) is 9.84. The van der Waals surface area contributed by atoms with Gasteiger partial charge >= 0.3 is 6.18 Å². The zero-order valence-electron chi connectivity index (χ0n) is 18.6. The molecule has 2 aliphatic rings. The van der Waals surface area contributed by atoms with Crippen LogP contribution in [-0.2, 0) is 22.3 Å². The van der Waals surface area contributed by atoms with Crippen LogP contribution < -0.4 is 10.5 Å². The number of benzene rings is 2. The van der Waals surface area contributed by atoms with Crippen LogP contribution >= 0.6 is 0 Å². The number of aromatic amines is 1. The van der Waals surface area contributed by atoms with Crippen molar-refractivity contribution in [3.8, 4) is 0 Å². The standard InChI is InChI=1S/C24H23F3N4O4/c25-24(26,27)16-3-1-2-15(10-16)21(34)29-22-28-18-11-17(30-8-9-35-12-20(30)33)4-5-19(18)31(22)13-23(14-32)6-7-23/h1-5,10-11,32H,6-9,12-14H2,(H,28,29,34). The van der Waals surface area contributed by atoms with Gasteiger partial charge in [-0.15, -0.1) is 0 Å². The Morgan fingerprint density at radius 3 is 2.69 bits per heavy atom. The number of nitrogens with one attached hydrogen (secondary N) is 1. The number of carbonyl (C=O) groups is 2. The zero-order chi connectivity index (χ0) is 24.8. The maximum absolute atomic E-state index is 13.1. The Kier molecular flexibility index (Phi) is 5.76. The molecule has 35 heavy (non-hydrogen) atoms. The maximum Gasteiger partial charge on any atom is 0.416 e. The summed E-state index contributed by atoms with van der Waals surface area (Å²) in [7, 11) is 0. The van der Waals surface area contributed by atoms with Gasteiger partial charge in [-0.3, -0.25) is 9.59 Å². The molecule has 1 aliphatic carbocycles. The van der Waals surface area contributed by atoms with Crippen LogP contribution in [-0.4, -0.2) is 52.8 Å². The number of ether oxygens (including phenoxy) is 1. The van der Waals surface area contributed by atoms with E-state index in [1.54, 1.807) is 27.7 Å². The van der Waals surface area contributed by atoms with Gasteiger partial charge in [0.05, 0.1) is 29.8 Å². The fourth-order valence-corrected chi connectivity index (χ4v) is 4.24. The number of alkyl halides is 3. The van der Waals surface area contributed by atoms with E-state index in [2.05, 4.69) is 9.98 Å². The van der Waals surface area contributed by atoms with Crippen molar-refractivity contribution in [3.63, 3.8) is 0 Å². The first kappa shape index (κ1) is 23.3. The molecule has 2 aromatic carbocycles. The van der Waals surface area contributed by atoms with E-state index in [4.69, 9.17) is 4.74 Å². The summed E-state index contributed by atoms with van der Waals surface area (Å²) in [6, 6.07) is 9.47. The van der Waals surface area contributed by atoms with Crippen LogP contribution in [0.25, 0.3) is 11.0 Å². The molecule has 0 unspecified atom stereocenters. The molecular weight excluding hydrogens is 465 g/mol. The molecule has 184 valence electrons. The molecule has 0 spiro atoms. The Bertz CT molecular complexity index is 1370. The molecule has 5 rings (SSSR count). The number of imidazole rings is 1. The van der Waals surface area contributed by atoms with Crippen LogP contribution in [0.5, 0.6) is 0 Å². The summed E-state index contributed by atoms with van der Waals surface area (Å²) in [5.41, 5.74) is 0.664. The number of fused-ring (bicyclic) bond motifs is 1. The lowest BCUT2D eigenvalue weighted by Gasteiger charge is -2.26. The molecule has 2 heterocycles. The average Bonchev–Trinajstić information content (AvgIpc) is 3.54. The Morgan fingerprint density at radius 2 is 2.00 bits per heavy atom. The molecule has 1 aromatic heterocycles.